The maximum absolute atomic E-state index is 18.3. The zero-order chi connectivity index (χ0) is 44.6. The van der Waals surface area contributed by atoms with Crippen LogP contribution in [0.4, 0.5) is 4.39 Å². The van der Waals surface area contributed by atoms with Crippen LogP contribution in [0.2, 0.25) is 0 Å². The van der Waals surface area contributed by atoms with Crippen LogP contribution in [0, 0.1) is 0 Å². The molecule has 1 atom stereocenters. The van der Waals surface area contributed by atoms with Crippen LogP contribution in [0.1, 0.15) is 34.4 Å². The minimum atomic E-state index is -1.73. The monoisotopic (exact) mass is 877 g/mol. The fraction of sp³-hybridized carbons (Fsp3) is 0.0492. The van der Waals surface area contributed by atoms with Crippen LogP contribution in [-0.4, -0.2) is 22.3 Å². The van der Waals surface area contributed by atoms with E-state index in [1.165, 1.54) is 16.6 Å². The summed E-state index contributed by atoms with van der Waals surface area (Å²) >= 11 is 0. The molecule has 1 aliphatic carbocycles. The highest BCUT2D eigenvalue weighted by Gasteiger charge is 2.31. The van der Waals surface area contributed by atoms with Crippen molar-refractivity contribution in [2.24, 2.45) is 9.98 Å². The molecule has 1 unspecified atom stereocenters. The van der Waals surface area contributed by atoms with Crippen LogP contribution in [0.25, 0.3) is 116 Å². The zero-order valence-corrected chi connectivity index (χ0v) is 36.3. The second-order valence-electron chi connectivity index (χ2n) is 17.9. The summed E-state index contributed by atoms with van der Waals surface area (Å²) in [5.74, 6) is 0.307. The van der Waals surface area contributed by atoms with Gasteiger partial charge >= 0.3 is 0 Å². The number of allylic oxidation sites excluding steroid dienone is 2. The molecule has 0 N–H and O–H groups in total. The average molecular weight is 878 g/mol. The third kappa shape index (κ3) is 5.32. The molecule has 0 saturated carbocycles. The Morgan fingerprint density at radius 2 is 1.12 bits per heavy atom. The Bertz CT molecular complexity index is 4480. The first-order valence-corrected chi connectivity index (χ1v) is 23.1. The molecular formula is C61H36FN3O3. The zero-order valence-electron chi connectivity index (χ0n) is 36.3. The molecule has 4 aromatic heterocycles. The standard InChI is InChI=1S/C61H36FN3O3/c62-48-33-49(63-61(46-23-12-21-42-40-19-7-10-26-54(40)67-59(42)46)64-56(48)45-22-11-20-41-39-18-6-9-25-53(39)66-58(41)45)55-51(30-29-44-43-28-27-34-13-3-4-16-37(34)57(43)68-60(44)55)65-50-24-8-5-17-38(50)47-31-35-14-1-2-15-36(35)32-52(47)65/h1-7,9-23,25-33,48H,8,24H2. The Morgan fingerprint density at radius 1 is 0.500 bits per heavy atom. The number of aliphatic imine (C=N–C) groups is 2. The molecule has 5 heterocycles. The summed E-state index contributed by atoms with van der Waals surface area (Å²) < 4.78 is 41.1. The summed E-state index contributed by atoms with van der Waals surface area (Å²) in [7, 11) is 0. The molecule has 68 heavy (non-hydrogen) atoms. The van der Waals surface area contributed by atoms with E-state index in [4.69, 9.17) is 23.2 Å². The number of hydrogen-bond acceptors (Lipinski definition) is 5. The molecule has 0 amide bonds. The number of para-hydroxylation sites is 4. The smallest absolute Gasteiger partial charge is 0.163 e. The molecule has 320 valence electrons. The Labute approximate surface area is 386 Å². The number of rotatable bonds is 4. The average Bonchev–Trinajstić information content (AvgIpc) is 4.13. The highest BCUT2D eigenvalue weighted by molar-refractivity contribution is 6.26. The van der Waals surface area contributed by atoms with Crippen molar-refractivity contribution in [2.75, 3.05) is 0 Å². The first-order chi connectivity index (χ1) is 33.6. The van der Waals surface area contributed by atoms with E-state index in [2.05, 4.69) is 95.6 Å². The van der Waals surface area contributed by atoms with Gasteiger partial charge < -0.3 is 17.8 Å². The van der Waals surface area contributed by atoms with Gasteiger partial charge in [0.2, 0.25) is 0 Å². The molecule has 0 radical (unpaired) electrons. The molecule has 0 fully saturated rings. The molecule has 1 aliphatic heterocycles. The molecule has 7 heteroatoms. The van der Waals surface area contributed by atoms with E-state index in [0.717, 1.165) is 94.7 Å². The van der Waals surface area contributed by atoms with Gasteiger partial charge in [0.25, 0.3) is 0 Å². The summed E-state index contributed by atoms with van der Waals surface area (Å²) in [6.45, 7) is 0. The third-order valence-corrected chi connectivity index (χ3v) is 14.2. The van der Waals surface area contributed by atoms with E-state index < -0.39 is 6.17 Å². The van der Waals surface area contributed by atoms with Crippen molar-refractivity contribution in [3.8, 4) is 5.69 Å². The lowest BCUT2D eigenvalue weighted by Gasteiger charge is -2.18. The molecule has 9 aromatic carbocycles. The van der Waals surface area contributed by atoms with Crippen molar-refractivity contribution in [3.63, 3.8) is 0 Å². The molecule has 2 aliphatic rings. The molecule has 6 nitrogen and oxygen atoms in total. The maximum atomic E-state index is 18.3. The number of amidine groups is 1. The van der Waals surface area contributed by atoms with Crippen molar-refractivity contribution in [2.45, 2.75) is 19.0 Å². The predicted molar refractivity (Wildman–Crippen MR) is 276 cm³/mol. The van der Waals surface area contributed by atoms with Crippen LogP contribution < -0.4 is 0 Å². The summed E-state index contributed by atoms with van der Waals surface area (Å²) in [6, 6.07) is 57.7. The number of aromatic nitrogens is 1. The number of fused-ring (bicyclic) bond motifs is 15. The maximum Gasteiger partial charge on any atom is 0.163 e. The van der Waals surface area contributed by atoms with Gasteiger partial charge in [-0.15, -0.1) is 0 Å². The van der Waals surface area contributed by atoms with Crippen molar-refractivity contribution in [1.82, 2.24) is 4.57 Å². The fourth-order valence-corrected chi connectivity index (χ4v) is 11.1. The Morgan fingerprint density at radius 3 is 1.90 bits per heavy atom. The Kier molecular flexibility index (Phi) is 7.76. The first kappa shape index (κ1) is 37.4. The van der Waals surface area contributed by atoms with Crippen molar-refractivity contribution in [3.05, 3.63) is 210 Å². The second-order valence-corrected chi connectivity index (χ2v) is 17.9. The van der Waals surface area contributed by atoms with Crippen LogP contribution in [0.15, 0.2) is 205 Å². The van der Waals surface area contributed by atoms with E-state index in [1.807, 2.05) is 91.0 Å². The molecule has 0 spiro atoms. The van der Waals surface area contributed by atoms with Crippen molar-refractivity contribution >= 4 is 122 Å². The summed E-state index contributed by atoms with van der Waals surface area (Å²) in [4.78, 5) is 10.8. The normalized spacial score (nSPS) is 15.4. The van der Waals surface area contributed by atoms with Gasteiger partial charge in [0, 0.05) is 59.9 Å². The predicted octanol–water partition coefficient (Wildman–Crippen LogP) is 16.2. The minimum Gasteiger partial charge on any atom is -0.455 e. The van der Waals surface area contributed by atoms with Crippen LogP contribution in [0.5, 0.6) is 0 Å². The highest BCUT2D eigenvalue weighted by atomic mass is 19.1. The first-order valence-electron chi connectivity index (χ1n) is 23.1. The summed E-state index contributed by atoms with van der Waals surface area (Å²) in [5, 5.41) is 11.1. The lowest BCUT2D eigenvalue weighted by molar-refractivity contribution is 0.493. The van der Waals surface area contributed by atoms with Crippen LogP contribution in [-0.2, 0) is 6.42 Å². The number of furan rings is 3. The summed E-state index contributed by atoms with van der Waals surface area (Å²) in [6.07, 6.45) is 6.11. The number of halogens is 1. The Hall–Kier alpha value is -8.81. The molecule has 15 rings (SSSR count). The van der Waals surface area contributed by atoms with Gasteiger partial charge in [-0.3, -0.25) is 0 Å². The van der Waals surface area contributed by atoms with Gasteiger partial charge in [0.05, 0.1) is 33.7 Å². The van der Waals surface area contributed by atoms with Crippen LogP contribution >= 0.6 is 0 Å². The quantitative estimate of drug-likeness (QED) is 0.177. The number of benzene rings is 9. The fourth-order valence-electron chi connectivity index (χ4n) is 11.1. The lowest BCUT2D eigenvalue weighted by atomic mass is 9.99. The number of nitrogens with zero attached hydrogens (tertiary/aromatic N) is 3. The van der Waals surface area contributed by atoms with Gasteiger partial charge in [-0.1, -0.05) is 127 Å². The van der Waals surface area contributed by atoms with E-state index in [0.29, 0.717) is 45.0 Å². The number of alkyl halides is 1. The largest absolute Gasteiger partial charge is 0.455 e. The molecular weight excluding hydrogens is 842 g/mol. The minimum absolute atomic E-state index is 0.182. The molecule has 0 saturated heterocycles. The van der Waals surface area contributed by atoms with E-state index >= 15 is 4.39 Å². The third-order valence-electron chi connectivity index (χ3n) is 14.2. The number of hydrogen-bond donors (Lipinski definition) is 0. The molecule has 0 bridgehead atoms. The SMILES string of the molecule is FC1C=C(c2c(-n3c4c(c5cc6ccccc6cc53)C=CCC4)ccc3c2oc2c4ccccc4ccc32)N=C(c2cccc3c2oc2ccccc23)N=C1c1cccc2c1oc1ccccc12. The van der Waals surface area contributed by atoms with Crippen LogP contribution in [0.3, 0.4) is 0 Å². The van der Waals surface area contributed by atoms with Gasteiger partial charge in [-0.25, -0.2) is 14.4 Å². The van der Waals surface area contributed by atoms with Gasteiger partial charge in [-0.05, 0) is 89.7 Å². The van der Waals surface area contributed by atoms with E-state index in [9.17, 15) is 0 Å². The van der Waals surface area contributed by atoms with E-state index in [-0.39, 0.29) is 5.71 Å². The summed E-state index contributed by atoms with van der Waals surface area (Å²) in [5.41, 5.74) is 10.7. The lowest BCUT2D eigenvalue weighted by Crippen LogP contribution is -2.16. The Balaban J connectivity index is 1.07. The highest BCUT2D eigenvalue weighted by Crippen LogP contribution is 2.45. The molecule has 13 aromatic rings. The van der Waals surface area contributed by atoms with Crippen molar-refractivity contribution in [1.29, 1.82) is 0 Å². The van der Waals surface area contributed by atoms with Gasteiger partial charge in [-0.2, -0.15) is 0 Å². The van der Waals surface area contributed by atoms with Crippen molar-refractivity contribution < 1.29 is 17.6 Å². The van der Waals surface area contributed by atoms with Gasteiger partial charge in [0.15, 0.2) is 12.0 Å². The second kappa shape index (κ2) is 14.1. The van der Waals surface area contributed by atoms with E-state index in [1.54, 1.807) is 6.08 Å². The van der Waals surface area contributed by atoms with Gasteiger partial charge in [0.1, 0.15) is 33.5 Å². The topological polar surface area (TPSA) is 69.1 Å².